The van der Waals surface area contributed by atoms with E-state index in [1.54, 1.807) is 18.3 Å². The maximum atomic E-state index is 12.7. The minimum atomic E-state index is -2.83. The smallest absolute Gasteiger partial charge is 0.231 e. The zero-order valence-electron chi connectivity index (χ0n) is 14.0. The van der Waals surface area contributed by atoms with Crippen LogP contribution in [-0.2, 0) is 9.09 Å². The molecule has 5 nitrogen and oxygen atoms in total. The van der Waals surface area contributed by atoms with Crippen LogP contribution < -0.4 is 5.30 Å². The number of nitrogens with zero attached hydrogens (tertiary/aromatic N) is 2. The van der Waals surface area contributed by atoms with E-state index < -0.39 is 7.37 Å². The first-order chi connectivity index (χ1) is 12.1. The Morgan fingerprint density at radius 3 is 2.76 bits per heavy atom. The van der Waals surface area contributed by atoms with E-state index >= 15 is 0 Å². The van der Waals surface area contributed by atoms with Gasteiger partial charge in [-0.15, -0.1) is 0 Å². The van der Waals surface area contributed by atoms with E-state index in [2.05, 4.69) is 9.97 Å². The Balaban J connectivity index is 1.81. The summed E-state index contributed by atoms with van der Waals surface area (Å²) >= 11 is 0. The summed E-state index contributed by atoms with van der Waals surface area (Å²) < 4.78 is 23.9. The standard InChI is InChI=1S/C19H17N2O3P/c1-3-25(22,23-2)15-8-9-17-18(11-15)24-19(21-17)14-10-13-6-4-5-7-16(13)20-12-14/h4-12H,3H2,1-2H3. The molecule has 0 radical (unpaired) electrons. The van der Waals surface area contributed by atoms with Crippen molar-refractivity contribution < 1.29 is 13.5 Å². The van der Waals surface area contributed by atoms with Crippen molar-refractivity contribution >= 4 is 34.7 Å². The number of benzene rings is 2. The molecule has 126 valence electrons. The van der Waals surface area contributed by atoms with Gasteiger partial charge in [0.2, 0.25) is 13.3 Å². The van der Waals surface area contributed by atoms with Crippen molar-refractivity contribution in [3.63, 3.8) is 0 Å². The number of aromatic nitrogens is 2. The Kier molecular flexibility index (Phi) is 3.91. The quantitative estimate of drug-likeness (QED) is 0.502. The molecule has 0 fully saturated rings. The summed E-state index contributed by atoms with van der Waals surface area (Å²) in [4.78, 5) is 8.97. The van der Waals surface area contributed by atoms with Crippen LogP contribution in [0.4, 0.5) is 0 Å². The van der Waals surface area contributed by atoms with Crippen molar-refractivity contribution in [3.05, 3.63) is 54.7 Å². The molecular weight excluding hydrogens is 335 g/mol. The molecular formula is C19H17N2O3P. The number of pyridine rings is 1. The van der Waals surface area contributed by atoms with Crippen molar-refractivity contribution in [3.8, 4) is 11.5 Å². The third-order valence-corrected chi connectivity index (χ3v) is 6.80. The molecule has 0 aliphatic carbocycles. The van der Waals surface area contributed by atoms with E-state index in [9.17, 15) is 4.57 Å². The highest BCUT2D eigenvalue weighted by molar-refractivity contribution is 7.66. The lowest BCUT2D eigenvalue weighted by Crippen LogP contribution is -2.07. The number of rotatable bonds is 4. The average Bonchev–Trinajstić information content (AvgIpc) is 3.10. The molecule has 4 aromatic rings. The first-order valence-corrected chi connectivity index (χ1v) is 9.85. The molecule has 0 saturated carbocycles. The molecule has 25 heavy (non-hydrogen) atoms. The van der Waals surface area contributed by atoms with Crippen LogP contribution in [0.15, 0.2) is 59.1 Å². The van der Waals surface area contributed by atoms with Gasteiger partial charge in [0.15, 0.2) is 5.58 Å². The fraction of sp³-hybridized carbons (Fsp3) is 0.158. The number of fused-ring (bicyclic) bond motifs is 2. The molecule has 0 bridgehead atoms. The normalized spacial score (nSPS) is 14.0. The fourth-order valence-corrected chi connectivity index (χ4v) is 4.30. The van der Waals surface area contributed by atoms with Crippen LogP contribution in [0.5, 0.6) is 0 Å². The molecule has 6 heteroatoms. The Morgan fingerprint density at radius 1 is 1.12 bits per heavy atom. The average molecular weight is 352 g/mol. The van der Waals surface area contributed by atoms with Gasteiger partial charge in [0, 0.05) is 30.2 Å². The zero-order valence-corrected chi connectivity index (χ0v) is 14.9. The van der Waals surface area contributed by atoms with Crippen molar-refractivity contribution in [1.29, 1.82) is 0 Å². The molecule has 0 saturated heterocycles. The molecule has 2 heterocycles. The molecule has 1 unspecified atom stereocenters. The highest BCUT2D eigenvalue weighted by atomic mass is 31.2. The molecule has 4 rings (SSSR count). The molecule has 0 aliphatic heterocycles. The third-order valence-electron chi connectivity index (χ3n) is 4.31. The van der Waals surface area contributed by atoms with Crippen LogP contribution in [0.1, 0.15) is 6.92 Å². The van der Waals surface area contributed by atoms with Gasteiger partial charge in [-0.1, -0.05) is 25.1 Å². The van der Waals surface area contributed by atoms with E-state index in [1.807, 2.05) is 43.3 Å². The van der Waals surface area contributed by atoms with Gasteiger partial charge < -0.3 is 8.94 Å². The largest absolute Gasteiger partial charge is 0.436 e. The highest BCUT2D eigenvalue weighted by Gasteiger charge is 2.23. The maximum Gasteiger partial charge on any atom is 0.231 e. The molecule has 2 aromatic heterocycles. The Labute approximate surface area is 145 Å². The van der Waals surface area contributed by atoms with Gasteiger partial charge in [-0.05, 0) is 30.3 Å². The molecule has 0 N–H and O–H groups in total. The second-order valence-corrected chi connectivity index (χ2v) is 8.62. The lowest BCUT2D eigenvalue weighted by Gasteiger charge is -2.13. The second kappa shape index (κ2) is 6.10. The van der Waals surface area contributed by atoms with E-state index in [0.717, 1.165) is 16.5 Å². The monoisotopic (exact) mass is 352 g/mol. The highest BCUT2D eigenvalue weighted by Crippen LogP contribution is 2.44. The number of para-hydroxylation sites is 1. The van der Waals surface area contributed by atoms with Crippen molar-refractivity contribution in [1.82, 2.24) is 9.97 Å². The van der Waals surface area contributed by atoms with Crippen LogP contribution in [0, 0.1) is 0 Å². The predicted octanol–water partition coefficient (Wildman–Crippen LogP) is 4.61. The van der Waals surface area contributed by atoms with Crippen LogP contribution in [0.25, 0.3) is 33.5 Å². The summed E-state index contributed by atoms with van der Waals surface area (Å²) in [6.07, 6.45) is 2.19. The second-order valence-electron chi connectivity index (χ2n) is 5.76. The summed E-state index contributed by atoms with van der Waals surface area (Å²) in [6, 6.07) is 15.3. The van der Waals surface area contributed by atoms with Gasteiger partial charge in [-0.3, -0.25) is 9.55 Å². The van der Waals surface area contributed by atoms with E-state index in [4.69, 9.17) is 8.94 Å². The van der Waals surface area contributed by atoms with Gasteiger partial charge in [-0.25, -0.2) is 4.98 Å². The SMILES string of the molecule is CCP(=O)(OC)c1ccc2nc(-c3cnc4ccccc4c3)oc2c1. The summed E-state index contributed by atoms with van der Waals surface area (Å²) in [5.41, 5.74) is 3.03. The van der Waals surface area contributed by atoms with E-state index in [-0.39, 0.29) is 0 Å². The van der Waals surface area contributed by atoms with Gasteiger partial charge in [0.1, 0.15) is 5.52 Å². The minimum Gasteiger partial charge on any atom is -0.436 e. The van der Waals surface area contributed by atoms with Crippen LogP contribution in [0.2, 0.25) is 0 Å². The third kappa shape index (κ3) is 2.76. The van der Waals surface area contributed by atoms with Crippen molar-refractivity contribution in [2.45, 2.75) is 6.92 Å². The number of hydrogen-bond acceptors (Lipinski definition) is 5. The number of oxazole rings is 1. The molecule has 0 amide bonds. The first-order valence-electron chi connectivity index (χ1n) is 8.04. The maximum absolute atomic E-state index is 12.7. The number of hydrogen-bond donors (Lipinski definition) is 0. The molecule has 1 atom stereocenters. The van der Waals surface area contributed by atoms with Gasteiger partial charge in [0.25, 0.3) is 0 Å². The fourth-order valence-electron chi connectivity index (χ4n) is 2.85. The zero-order chi connectivity index (χ0) is 17.4. The van der Waals surface area contributed by atoms with Gasteiger partial charge in [0.05, 0.1) is 11.1 Å². The van der Waals surface area contributed by atoms with Gasteiger partial charge in [-0.2, -0.15) is 0 Å². The Morgan fingerprint density at radius 2 is 1.96 bits per heavy atom. The van der Waals surface area contributed by atoms with Gasteiger partial charge >= 0.3 is 0 Å². The topological polar surface area (TPSA) is 65.2 Å². The Bertz CT molecular complexity index is 1110. The molecule has 0 spiro atoms. The summed E-state index contributed by atoms with van der Waals surface area (Å²) in [5.74, 6) is 0.495. The van der Waals surface area contributed by atoms with Crippen LogP contribution >= 0.6 is 7.37 Å². The van der Waals surface area contributed by atoms with Crippen LogP contribution in [0.3, 0.4) is 0 Å². The predicted molar refractivity (Wildman–Crippen MR) is 99.5 cm³/mol. The summed E-state index contributed by atoms with van der Waals surface area (Å²) in [5, 5.41) is 1.67. The lowest BCUT2D eigenvalue weighted by atomic mass is 10.1. The van der Waals surface area contributed by atoms with Crippen LogP contribution in [-0.4, -0.2) is 23.2 Å². The van der Waals surface area contributed by atoms with Crippen molar-refractivity contribution in [2.75, 3.05) is 13.3 Å². The molecule has 0 aliphatic rings. The first kappa shape index (κ1) is 16.0. The Hall–Kier alpha value is -2.49. The summed E-state index contributed by atoms with van der Waals surface area (Å²) in [7, 11) is -1.36. The van der Waals surface area contributed by atoms with E-state index in [0.29, 0.717) is 28.5 Å². The minimum absolute atomic E-state index is 0.435. The van der Waals surface area contributed by atoms with Crippen molar-refractivity contribution in [2.24, 2.45) is 0 Å². The summed E-state index contributed by atoms with van der Waals surface area (Å²) in [6.45, 7) is 1.85. The van der Waals surface area contributed by atoms with E-state index in [1.165, 1.54) is 7.11 Å². The molecule has 2 aromatic carbocycles. The lowest BCUT2D eigenvalue weighted by molar-refractivity contribution is 0.404.